The molecule has 1 atom stereocenters. The fourth-order valence-corrected chi connectivity index (χ4v) is 3.86. The first kappa shape index (κ1) is 21.7. The molecule has 2 heterocycles. The first-order valence-corrected chi connectivity index (χ1v) is 10.9. The molecule has 2 saturated heterocycles. The molecule has 0 aliphatic carbocycles. The highest BCUT2D eigenvalue weighted by atomic mass is 16.5. The second kappa shape index (κ2) is 11.9. The number of hydrogen-bond acceptors (Lipinski definition) is 5. The topological polar surface area (TPSA) is 73.9 Å². The van der Waals surface area contributed by atoms with Crippen LogP contribution in [0.3, 0.4) is 0 Å². The van der Waals surface area contributed by atoms with Crippen molar-refractivity contribution in [2.75, 3.05) is 59.0 Å². The summed E-state index contributed by atoms with van der Waals surface area (Å²) in [6.07, 6.45) is 3.10. The normalized spacial score (nSPS) is 23.4. The molecule has 1 unspecified atom stereocenters. The van der Waals surface area contributed by atoms with Gasteiger partial charge in [0.25, 0.3) is 0 Å². The molecular formula is C22H34N4O3. The van der Waals surface area contributed by atoms with Crippen LogP contribution in [0.1, 0.15) is 37.3 Å². The molecule has 2 aliphatic heterocycles. The largest absolute Gasteiger partial charge is 0.379 e. The van der Waals surface area contributed by atoms with Crippen LogP contribution in [-0.4, -0.2) is 80.6 Å². The fourth-order valence-electron chi connectivity index (χ4n) is 3.86. The van der Waals surface area contributed by atoms with E-state index in [4.69, 9.17) is 4.74 Å². The molecule has 0 aromatic heterocycles. The van der Waals surface area contributed by atoms with Gasteiger partial charge in [-0.2, -0.15) is 0 Å². The van der Waals surface area contributed by atoms with Crippen LogP contribution in [0.2, 0.25) is 0 Å². The van der Waals surface area contributed by atoms with E-state index in [-0.39, 0.29) is 17.9 Å². The van der Waals surface area contributed by atoms with E-state index in [1.807, 2.05) is 23.1 Å². The maximum atomic E-state index is 12.8. The second-order valence-corrected chi connectivity index (χ2v) is 7.80. The Bertz CT molecular complexity index is 634. The molecule has 1 aromatic rings. The van der Waals surface area contributed by atoms with Gasteiger partial charge in [0.05, 0.1) is 19.8 Å². The van der Waals surface area contributed by atoms with E-state index in [1.165, 1.54) is 0 Å². The van der Waals surface area contributed by atoms with Gasteiger partial charge in [-0.1, -0.05) is 30.3 Å². The third-order valence-corrected chi connectivity index (χ3v) is 5.58. The lowest BCUT2D eigenvalue weighted by molar-refractivity contribution is -0.133. The summed E-state index contributed by atoms with van der Waals surface area (Å²) < 4.78 is 5.38. The maximum Gasteiger partial charge on any atom is 0.236 e. The predicted octanol–water partition coefficient (Wildman–Crippen LogP) is 1.17. The zero-order valence-electron chi connectivity index (χ0n) is 17.3. The zero-order chi connectivity index (χ0) is 20.3. The number of carbonyl (C=O) groups excluding carboxylic acids is 2. The highest BCUT2D eigenvalue weighted by Crippen LogP contribution is 2.16. The number of hydrogen-bond donors (Lipinski definition) is 2. The Hall–Kier alpha value is -1.96. The first-order chi connectivity index (χ1) is 14.2. The lowest BCUT2D eigenvalue weighted by atomic mass is 10.0. The second-order valence-electron chi connectivity index (χ2n) is 7.80. The van der Waals surface area contributed by atoms with E-state index in [0.29, 0.717) is 32.7 Å². The van der Waals surface area contributed by atoms with Crippen LogP contribution in [0.15, 0.2) is 30.3 Å². The quantitative estimate of drug-likeness (QED) is 0.794. The Morgan fingerprint density at radius 2 is 1.76 bits per heavy atom. The van der Waals surface area contributed by atoms with E-state index in [1.54, 1.807) is 0 Å². The average Bonchev–Trinajstić information content (AvgIpc) is 2.76. The van der Waals surface area contributed by atoms with Crippen molar-refractivity contribution in [1.82, 2.24) is 20.4 Å². The van der Waals surface area contributed by atoms with Crippen LogP contribution in [0, 0.1) is 0 Å². The summed E-state index contributed by atoms with van der Waals surface area (Å²) in [6.45, 7) is 6.47. The third-order valence-electron chi connectivity index (χ3n) is 5.58. The monoisotopic (exact) mass is 402 g/mol. The molecule has 0 bridgehead atoms. The predicted molar refractivity (Wildman–Crippen MR) is 113 cm³/mol. The molecule has 0 saturated carbocycles. The molecule has 160 valence electrons. The summed E-state index contributed by atoms with van der Waals surface area (Å²) in [5.41, 5.74) is 1.12. The van der Waals surface area contributed by atoms with Crippen LogP contribution < -0.4 is 10.6 Å². The minimum absolute atomic E-state index is 0.00513. The van der Waals surface area contributed by atoms with Crippen molar-refractivity contribution >= 4 is 11.8 Å². The third kappa shape index (κ3) is 7.42. The molecule has 3 rings (SSSR count). The van der Waals surface area contributed by atoms with E-state index >= 15 is 0 Å². The van der Waals surface area contributed by atoms with Gasteiger partial charge < -0.3 is 20.3 Å². The van der Waals surface area contributed by atoms with Crippen LogP contribution in [0.5, 0.6) is 0 Å². The molecule has 0 radical (unpaired) electrons. The minimum Gasteiger partial charge on any atom is -0.379 e. The Morgan fingerprint density at radius 3 is 2.55 bits per heavy atom. The fraction of sp³-hybridized carbons (Fsp3) is 0.636. The van der Waals surface area contributed by atoms with Gasteiger partial charge >= 0.3 is 0 Å². The van der Waals surface area contributed by atoms with Gasteiger partial charge in [0.2, 0.25) is 11.8 Å². The zero-order valence-corrected chi connectivity index (χ0v) is 17.3. The molecule has 2 aliphatic rings. The van der Waals surface area contributed by atoms with Crippen molar-refractivity contribution in [2.45, 2.75) is 31.7 Å². The van der Waals surface area contributed by atoms with Gasteiger partial charge in [-0.15, -0.1) is 0 Å². The van der Waals surface area contributed by atoms with Gasteiger partial charge in [-0.25, -0.2) is 0 Å². The van der Waals surface area contributed by atoms with Gasteiger partial charge in [-0.05, 0) is 31.4 Å². The summed E-state index contributed by atoms with van der Waals surface area (Å²) >= 11 is 0. The number of benzene rings is 1. The average molecular weight is 403 g/mol. The van der Waals surface area contributed by atoms with Crippen molar-refractivity contribution in [3.8, 4) is 0 Å². The van der Waals surface area contributed by atoms with Gasteiger partial charge in [0.15, 0.2) is 0 Å². The van der Waals surface area contributed by atoms with Crippen LogP contribution in [0.25, 0.3) is 0 Å². The van der Waals surface area contributed by atoms with E-state index in [2.05, 4.69) is 27.7 Å². The van der Waals surface area contributed by atoms with Crippen molar-refractivity contribution < 1.29 is 14.3 Å². The number of rotatable bonds is 3. The van der Waals surface area contributed by atoms with Crippen molar-refractivity contribution in [3.05, 3.63) is 35.9 Å². The minimum atomic E-state index is -0.00513. The van der Waals surface area contributed by atoms with Crippen molar-refractivity contribution in [1.29, 1.82) is 0 Å². The van der Waals surface area contributed by atoms with Crippen LogP contribution in [0.4, 0.5) is 0 Å². The van der Waals surface area contributed by atoms with E-state index in [0.717, 1.165) is 57.5 Å². The number of morpholine rings is 1. The van der Waals surface area contributed by atoms with Crippen LogP contribution >= 0.6 is 0 Å². The van der Waals surface area contributed by atoms with E-state index in [9.17, 15) is 9.59 Å². The summed E-state index contributed by atoms with van der Waals surface area (Å²) in [5, 5.41) is 6.55. The molecule has 7 nitrogen and oxygen atoms in total. The summed E-state index contributed by atoms with van der Waals surface area (Å²) in [4.78, 5) is 29.3. The molecule has 2 fully saturated rings. The standard InChI is InChI=1S/C22H34N4O3/c27-21-17-20(19-7-2-1-3-8-19)23-10-6-12-26(11-5-4-9-24-21)22(28)18-25-13-15-29-16-14-25/h1-3,7-8,20,23H,4-6,9-18H2,(H,24,27). The molecule has 2 amide bonds. The molecular weight excluding hydrogens is 368 g/mol. The smallest absolute Gasteiger partial charge is 0.236 e. The molecule has 2 N–H and O–H groups in total. The molecule has 29 heavy (non-hydrogen) atoms. The number of ether oxygens (including phenoxy) is 1. The van der Waals surface area contributed by atoms with Gasteiger partial charge in [0, 0.05) is 45.2 Å². The Morgan fingerprint density at radius 1 is 1.00 bits per heavy atom. The Balaban J connectivity index is 1.57. The summed E-state index contributed by atoms with van der Waals surface area (Å²) in [6, 6.07) is 10.1. The Labute approximate surface area is 173 Å². The maximum absolute atomic E-state index is 12.8. The van der Waals surface area contributed by atoms with Crippen LogP contribution in [-0.2, 0) is 14.3 Å². The highest BCUT2D eigenvalue weighted by molar-refractivity contribution is 5.78. The summed E-state index contributed by atoms with van der Waals surface area (Å²) in [7, 11) is 0. The number of nitrogens with zero attached hydrogens (tertiary/aromatic N) is 2. The molecule has 7 heteroatoms. The number of carbonyl (C=O) groups is 2. The molecule has 0 spiro atoms. The molecule has 1 aromatic carbocycles. The van der Waals surface area contributed by atoms with Crippen molar-refractivity contribution in [3.63, 3.8) is 0 Å². The Kier molecular flexibility index (Phi) is 8.92. The number of nitrogens with one attached hydrogen (secondary N) is 2. The first-order valence-electron chi connectivity index (χ1n) is 10.9. The highest BCUT2D eigenvalue weighted by Gasteiger charge is 2.20. The number of amides is 2. The summed E-state index contributed by atoms with van der Waals surface area (Å²) in [5.74, 6) is 0.274. The van der Waals surface area contributed by atoms with E-state index < -0.39 is 0 Å². The SMILES string of the molecule is O=C1CC(c2ccccc2)NCCCN(C(=O)CN2CCOCC2)CCCCN1. The van der Waals surface area contributed by atoms with Crippen molar-refractivity contribution in [2.24, 2.45) is 0 Å². The lowest BCUT2D eigenvalue weighted by Gasteiger charge is -2.30. The van der Waals surface area contributed by atoms with Gasteiger partial charge in [-0.3, -0.25) is 14.5 Å². The van der Waals surface area contributed by atoms with Gasteiger partial charge in [0.1, 0.15) is 0 Å². The lowest BCUT2D eigenvalue weighted by Crippen LogP contribution is -2.45.